The molecule has 0 spiro atoms. The van der Waals surface area contributed by atoms with Crippen LogP contribution in [0, 0.1) is 0 Å². The highest BCUT2D eigenvalue weighted by Gasteiger charge is 2.21. The lowest BCUT2D eigenvalue weighted by atomic mass is 10.3. The second kappa shape index (κ2) is 8.29. The van der Waals surface area contributed by atoms with E-state index >= 15 is 0 Å². The number of carbonyl (C=O) groups is 2. The summed E-state index contributed by atoms with van der Waals surface area (Å²) in [5.74, 6) is 1.21. The van der Waals surface area contributed by atoms with Gasteiger partial charge in [0.2, 0.25) is 0 Å². The number of thioether (sulfide) groups is 1. The van der Waals surface area contributed by atoms with E-state index in [2.05, 4.69) is 15.9 Å². The Morgan fingerprint density at radius 2 is 2.24 bits per heavy atom. The maximum absolute atomic E-state index is 11.5. The van der Waals surface area contributed by atoms with Gasteiger partial charge in [0.25, 0.3) is 5.24 Å². The quantitative estimate of drug-likeness (QED) is 0.543. The highest BCUT2D eigenvalue weighted by atomic mass is 79.9. The minimum absolute atomic E-state index is 0.0424. The first-order valence-corrected chi connectivity index (χ1v) is 8.39. The smallest absolute Gasteiger partial charge is 0.307 e. The number of hydrogen-bond acceptors (Lipinski definition) is 5. The topological polar surface area (TPSA) is 55.8 Å². The number of benzene rings is 1. The minimum Gasteiger partial charge on any atom is -0.490 e. The fourth-order valence-electron chi connectivity index (χ4n) is 1.80. The Bertz CT molecular complexity index is 512. The Morgan fingerprint density at radius 3 is 2.95 bits per heavy atom. The highest BCUT2D eigenvalue weighted by Crippen LogP contribution is 2.18. The third-order valence-corrected chi connectivity index (χ3v) is 4.23. The van der Waals surface area contributed by atoms with E-state index in [0.29, 0.717) is 19.7 Å². The highest BCUT2D eigenvalue weighted by molar-refractivity contribution is 9.10. The van der Waals surface area contributed by atoms with E-state index in [4.69, 9.17) is 9.47 Å². The third-order valence-electron chi connectivity index (χ3n) is 2.84. The molecule has 1 aromatic rings. The van der Waals surface area contributed by atoms with Gasteiger partial charge in [0.05, 0.1) is 6.42 Å². The van der Waals surface area contributed by atoms with Gasteiger partial charge in [0.1, 0.15) is 19.0 Å². The lowest BCUT2D eigenvalue weighted by molar-refractivity contribution is -0.144. The van der Waals surface area contributed by atoms with Crippen LogP contribution >= 0.6 is 27.7 Å². The predicted molar refractivity (Wildman–Crippen MR) is 84.6 cm³/mol. The zero-order chi connectivity index (χ0) is 15.1. The van der Waals surface area contributed by atoms with Crippen LogP contribution in [0.1, 0.15) is 6.42 Å². The number of carbonyl (C=O) groups excluding carboxylic acids is 2. The molecule has 0 aliphatic carbocycles. The summed E-state index contributed by atoms with van der Waals surface area (Å²) >= 11 is 4.64. The molecule has 0 bridgehead atoms. The third kappa shape index (κ3) is 5.59. The van der Waals surface area contributed by atoms with Gasteiger partial charge in [-0.2, -0.15) is 0 Å². The summed E-state index contributed by atoms with van der Waals surface area (Å²) < 4.78 is 11.5. The number of nitrogens with zero attached hydrogens (tertiary/aromatic N) is 1. The summed E-state index contributed by atoms with van der Waals surface area (Å²) in [6.45, 7) is 1.65. The number of halogens is 1. The average Bonchev–Trinajstić information content (AvgIpc) is 2.87. The second-order valence-corrected chi connectivity index (χ2v) is 6.34. The van der Waals surface area contributed by atoms with Crippen LogP contribution in [0.4, 0.5) is 4.79 Å². The summed E-state index contributed by atoms with van der Waals surface area (Å²) in [6, 6.07) is 7.46. The van der Waals surface area contributed by atoms with Gasteiger partial charge in [-0.1, -0.05) is 33.8 Å². The van der Waals surface area contributed by atoms with Gasteiger partial charge in [-0.15, -0.1) is 0 Å². The van der Waals surface area contributed by atoms with E-state index in [1.807, 2.05) is 24.3 Å². The van der Waals surface area contributed by atoms with Gasteiger partial charge in [-0.05, 0) is 18.2 Å². The van der Waals surface area contributed by atoms with E-state index in [1.165, 1.54) is 11.8 Å². The minimum atomic E-state index is -0.308. The monoisotopic (exact) mass is 373 g/mol. The molecule has 1 heterocycles. The van der Waals surface area contributed by atoms with Crippen LogP contribution in [0.5, 0.6) is 5.75 Å². The van der Waals surface area contributed by atoms with Crippen molar-refractivity contribution in [3.63, 3.8) is 0 Å². The van der Waals surface area contributed by atoms with Crippen molar-refractivity contribution in [2.45, 2.75) is 6.42 Å². The molecule has 0 unspecified atom stereocenters. The second-order valence-electron chi connectivity index (χ2n) is 4.38. The Hall–Kier alpha value is -1.21. The van der Waals surface area contributed by atoms with Crippen LogP contribution in [-0.2, 0) is 9.53 Å². The van der Waals surface area contributed by atoms with Crippen molar-refractivity contribution in [3.8, 4) is 5.75 Å². The molecule has 1 amide bonds. The van der Waals surface area contributed by atoms with Crippen LogP contribution in [0.2, 0.25) is 0 Å². The molecule has 1 saturated heterocycles. The van der Waals surface area contributed by atoms with Gasteiger partial charge in [0, 0.05) is 23.3 Å². The molecule has 0 radical (unpaired) electrons. The van der Waals surface area contributed by atoms with Crippen molar-refractivity contribution >= 4 is 38.9 Å². The summed E-state index contributed by atoms with van der Waals surface area (Å²) in [6.07, 6.45) is 0.225. The Labute approximate surface area is 136 Å². The molecule has 7 heteroatoms. The van der Waals surface area contributed by atoms with Gasteiger partial charge in [0.15, 0.2) is 0 Å². The molecule has 0 atom stereocenters. The summed E-state index contributed by atoms with van der Waals surface area (Å²) in [7, 11) is 0. The average molecular weight is 374 g/mol. The lowest BCUT2D eigenvalue weighted by Gasteiger charge is -2.13. The van der Waals surface area contributed by atoms with Crippen molar-refractivity contribution in [1.82, 2.24) is 4.90 Å². The standard InChI is InChI=1S/C14H16BrNO4S/c15-11-2-1-3-12(10-11)19-7-8-20-13(17)4-5-16-6-9-21-14(16)18/h1-3,10H,4-9H2. The fourth-order valence-corrected chi connectivity index (χ4v) is 3.03. The van der Waals surface area contributed by atoms with Crippen LogP contribution in [0.25, 0.3) is 0 Å². The Morgan fingerprint density at radius 1 is 1.38 bits per heavy atom. The maximum Gasteiger partial charge on any atom is 0.307 e. The summed E-state index contributed by atoms with van der Waals surface area (Å²) in [4.78, 5) is 24.6. The molecule has 0 N–H and O–H groups in total. The van der Waals surface area contributed by atoms with Crippen LogP contribution in [0.3, 0.4) is 0 Å². The number of amides is 1. The first kappa shape index (κ1) is 16.2. The van der Waals surface area contributed by atoms with Gasteiger partial charge >= 0.3 is 5.97 Å². The van der Waals surface area contributed by atoms with E-state index in [0.717, 1.165) is 16.0 Å². The predicted octanol–water partition coefficient (Wildman–Crippen LogP) is 2.93. The molecule has 1 aliphatic rings. The molecular weight excluding hydrogens is 358 g/mol. The molecule has 1 fully saturated rings. The number of hydrogen-bond donors (Lipinski definition) is 0. The van der Waals surface area contributed by atoms with Crippen molar-refractivity contribution in [1.29, 1.82) is 0 Å². The molecule has 1 aromatic carbocycles. The van der Waals surface area contributed by atoms with Gasteiger partial charge < -0.3 is 14.4 Å². The van der Waals surface area contributed by atoms with E-state index in [-0.39, 0.29) is 24.2 Å². The molecule has 0 aromatic heterocycles. The first-order valence-electron chi connectivity index (χ1n) is 6.61. The van der Waals surface area contributed by atoms with Crippen molar-refractivity contribution in [2.24, 2.45) is 0 Å². The number of esters is 1. The van der Waals surface area contributed by atoms with E-state index in [1.54, 1.807) is 4.90 Å². The maximum atomic E-state index is 11.5. The van der Waals surface area contributed by atoms with E-state index < -0.39 is 0 Å². The lowest BCUT2D eigenvalue weighted by Crippen LogP contribution is -2.27. The molecule has 1 aliphatic heterocycles. The van der Waals surface area contributed by atoms with Crippen molar-refractivity contribution in [2.75, 3.05) is 32.1 Å². The summed E-state index contributed by atoms with van der Waals surface area (Å²) in [5, 5.41) is 0.0424. The normalized spacial score (nSPS) is 14.3. The molecule has 21 heavy (non-hydrogen) atoms. The number of rotatable bonds is 7. The molecule has 0 saturated carbocycles. The first-order chi connectivity index (χ1) is 10.1. The van der Waals surface area contributed by atoms with Crippen molar-refractivity contribution < 1.29 is 19.1 Å². The van der Waals surface area contributed by atoms with Crippen molar-refractivity contribution in [3.05, 3.63) is 28.7 Å². The number of ether oxygens (including phenoxy) is 2. The van der Waals surface area contributed by atoms with Gasteiger partial charge in [-0.3, -0.25) is 9.59 Å². The SMILES string of the molecule is O=C(CCN1CCSC1=O)OCCOc1cccc(Br)c1. The molecule has 2 rings (SSSR count). The van der Waals surface area contributed by atoms with E-state index in [9.17, 15) is 9.59 Å². The largest absolute Gasteiger partial charge is 0.490 e. The Balaban J connectivity index is 1.58. The van der Waals surface area contributed by atoms with Crippen LogP contribution in [0.15, 0.2) is 28.7 Å². The van der Waals surface area contributed by atoms with Crippen LogP contribution < -0.4 is 4.74 Å². The molecular formula is C14H16BrNO4S. The molecule has 114 valence electrons. The Kier molecular flexibility index (Phi) is 6.38. The fraction of sp³-hybridized carbons (Fsp3) is 0.429. The molecule has 5 nitrogen and oxygen atoms in total. The zero-order valence-electron chi connectivity index (χ0n) is 11.4. The van der Waals surface area contributed by atoms with Crippen LogP contribution in [-0.4, -0.2) is 48.2 Å². The van der Waals surface area contributed by atoms with Gasteiger partial charge in [-0.25, -0.2) is 0 Å². The zero-order valence-corrected chi connectivity index (χ0v) is 13.8. The summed E-state index contributed by atoms with van der Waals surface area (Å²) in [5.41, 5.74) is 0.